The molecule has 1 aromatic carbocycles. The van der Waals surface area contributed by atoms with Crippen molar-refractivity contribution in [1.29, 1.82) is 0 Å². The lowest BCUT2D eigenvalue weighted by molar-refractivity contribution is 0.136. The molecule has 1 fully saturated rings. The Morgan fingerprint density at radius 2 is 2.07 bits per heavy atom. The second-order valence-electron chi connectivity index (χ2n) is 4.18. The van der Waals surface area contributed by atoms with Crippen molar-refractivity contribution in [3.8, 4) is 0 Å². The van der Waals surface area contributed by atoms with E-state index < -0.39 is 0 Å². The predicted molar refractivity (Wildman–Crippen MR) is 67.0 cm³/mol. The fourth-order valence-corrected chi connectivity index (χ4v) is 2.53. The molecule has 1 unspecified atom stereocenters. The van der Waals surface area contributed by atoms with Gasteiger partial charge < -0.3 is 5.32 Å². The van der Waals surface area contributed by atoms with E-state index in [1.807, 2.05) is 0 Å². The Labute approximate surface area is 99.8 Å². The summed E-state index contributed by atoms with van der Waals surface area (Å²) in [5.74, 6) is 0. The highest BCUT2D eigenvalue weighted by Gasteiger charge is 2.26. The number of likely N-dealkylation sites (N-methyl/N-ethyl adjacent to an activating group) is 1. The maximum atomic E-state index is 3.61. The molecular formula is C12H17BrN2. The highest BCUT2D eigenvalue weighted by Crippen LogP contribution is 2.28. The highest BCUT2D eigenvalue weighted by molar-refractivity contribution is 9.10. The van der Waals surface area contributed by atoms with Gasteiger partial charge in [0.25, 0.3) is 0 Å². The third-order valence-corrected chi connectivity index (χ3v) is 4.02. The zero-order valence-corrected chi connectivity index (χ0v) is 10.8. The molecule has 0 radical (unpaired) electrons. The molecular weight excluding hydrogens is 252 g/mol. The first-order valence-electron chi connectivity index (χ1n) is 5.37. The van der Waals surface area contributed by atoms with Crippen molar-refractivity contribution in [2.24, 2.45) is 0 Å². The minimum atomic E-state index is 0.465. The average Bonchev–Trinajstić information content (AvgIpc) is 2.15. The molecule has 1 aliphatic rings. The van der Waals surface area contributed by atoms with Gasteiger partial charge in [-0.1, -0.05) is 34.1 Å². The molecule has 0 aromatic heterocycles. The maximum absolute atomic E-state index is 3.61. The molecule has 2 nitrogen and oxygen atoms in total. The topological polar surface area (TPSA) is 15.3 Å². The molecule has 15 heavy (non-hydrogen) atoms. The molecule has 1 saturated heterocycles. The average molecular weight is 269 g/mol. The Morgan fingerprint density at radius 3 is 2.60 bits per heavy atom. The van der Waals surface area contributed by atoms with E-state index in [-0.39, 0.29) is 0 Å². The summed E-state index contributed by atoms with van der Waals surface area (Å²) in [4.78, 5) is 2.44. The molecule has 82 valence electrons. The van der Waals surface area contributed by atoms with E-state index >= 15 is 0 Å². The summed E-state index contributed by atoms with van der Waals surface area (Å²) in [5.41, 5.74) is 1.37. The number of nitrogens with zero attached hydrogens (tertiary/aromatic N) is 1. The van der Waals surface area contributed by atoms with Crippen molar-refractivity contribution >= 4 is 15.9 Å². The molecule has 0 amide bonds. The van der Waals surface area contributed by atoms with Gasteiger partial charge in [-0.15, -0.1) is 0 Å². The summed E-state index contributed by atoms with van der Waals surface area (Å²) in [7, 11) is 2.20. The normalized spacial score (nSPS) is 18.9. The molecule has 3 heteroatoms. The number of nitrogens with one attached hydrogen (secondary N) is 1. The van der Waals surface area contributed by atoms with Gasteiger partial charge in [0.15, 0.2) is 0 Å². The SMILES string of the molecule is CC(c1ccccc1Br)N(C)C1CNC1. The largest absolute Gasteiger partial charge is 0.314 e. The molecule has 0 saturated carbocycles. The second kappa shape index (κ2) is 4.64. The van der Waals surface area contributed by atoms with Gasteiger partial charge in [-0.05, 0) is 25.6 Å². The first kappa shape index (κ1) is 11.1. The van der Waals surface area contributed by atoms with E-state index in [1.54, 1.807) is 0 Å². The van der Waals surface area contributed by atoms with Crippen LogP contribution in [-0.2, 0) is 0 Å². The number of rotatable bonds is 3. The first-order valence-corrected chi connectivity index (χ1v) is 6.16. The van der Waals surface area contributed by atoms with Crippen molar-refractivity contribution in [2.75, 3.05) is 20.1 Å². The standard InChI is InChI=1S/C12H17BrN2/c1-9(15(2)10-7-14-8-10)11-5-3-4-6-12(11)13/h3-6,9-10,14H,7-8H2,1-2H3. The van der Waals surface area contributed by atoms with E-state index in [2.05, 4.69) is 64.4 Å². The van der Waals surface area contributed by atoms with Gasteiger partial charge in [0.1, 0.15) is 0 Å². The van der Waals surface area contributed by atoms with E-state index in [0.29, 0.717) is 12.1 Å². The number of hydrogen-bond acceptors (Lipinski definition) is 2. The lowest BCUT2D eigenvalue weighted by Gasteiger charge is -2.39. The van der Waals surface area contributed by atoms with Crippen LogP contribution in [0.1, 0.15) is 18.5 Å². The van der Waals surface area contributed by atoms with Crippen LogP contribution in [0.3, 0.4) is 0 Å². The fraction of sp³-hybridized carbons (Fsp3) is 0.500. The second-order valence-corrected chi connectivity index (χ2v) is 5.03. The molecule has 1 heterocycles. The monoisotopic (exact) mass is 268 g/mol. The van der Waals surface area contributed by atoms with Crippen molar-refractivity contribution in [3.05, 3.63) is 34.3 Å². The third kappa shape index (κ3) is 2.25. The molecule has 1 N–H and O–H groups in total. The van der Waals surface area contributed by atoms with Gasteiger partial charge in [0.2, 0.25) is 0 Å². The summed E-state index contributed by atoms with van der Waals surface area (Å²) in [5, 5.41) is 3.31. The lowest BCUT2D eigenvalue weighted by Crippen LogP contribution is -2.56. The van der Waals surface area contributed by atoms with Gasteiger partial charge >= 0.3 is 0 Å². The quantitative estimate of drug-likeness (QED) is 0.906. The summed E-state index contributed by atoms with van der Waals surface area (Å²) in [6.45, 7) is 4.50. The van der Waals surface area contributed by atoms with E-state index in [9.17, 15) is 0 Å². The van der Waals surface area contributed by atoms with Gasteiger partial charge in [-0.25, -0.2) is 0 Å². The fourth-order valence-electron chi connectivity index (χ4n) is 1.91. The van der Waals surface area contributed by atoms with Crippen LogP contribution < -0.4 is 5.32 Å². The number of benzene rings is 1. The highest BCUT2D eigenvalue weighted by atomic mass is 79.9. The molecule has 2 rings (SSSR count). The maximum Gasteiger partial charge on any atom is 0.0348 e. The zero-order chi connectivity index (χ0) is 10.8. The molecule has 1 aliphatic heterocycles. The Morgan fingerprint density at radius 1 is 1.40 bits per heavy atom. The van der Waals surface area contributed by atoms with Crippen LogP contribution in [0.5, 0.6) is 0 Å². The molecule has 0 bridgehead atoms. The van der Waals surface area contributed by atoms with Crippen LogP contribution >= 0.6 is 15.9 Å². The van der Waals surface area contributed by atoms with E-state index in [1.165, 1.54) is 10.0 Å². The van der Waals surface area contributed by atoms with Gasteiger partial charge in [0.05, 0.1) is 0 Å². The summed E-state index contributed by atoms with van der Waals surface area (Å²) < 4.78 is 1.21. The lowest BCUT2D eigenvalue weighted by atomic mass is 10.0. The Bertz CT molecular complexity index is 336. The summed E-state index contributed by atoms with van der Waals surface area (Å²) >= 11 is 3.61. The van der Waals surface area contributed by atoms with Crippen molar-refractivity contribution < 1.29 is 0 Å². The van der Waals surface area contributed by atoms with Crippen LogP contribution in [0.25, 0.3) is 0 Å². The van der Waals surface area contributed by atoms with E-state index in [4.69, 9.17) is 0 Å². The Balaban J connectivity index is 2.12. The molecule has 1 atom stereocenters. The summed E-state index contributed by atoms with van der Waals surface area (Å²) in [6, 6.07) is 9.62. The van der Waals surface area contributed by atoms with Crippen LogP contribution in [0, 0.1) is 0 Å². The Hall–Kier alpha value is -0.380. The van der Waals surface area contributed by atoms with E-state index in [0.717, 1.165) is 13.1 Å². The smallest absolute Gasteiger partial charge is 0.0348 e. The van der Waals surface area contributed by atoms with Crippen molar-refractivity contribution in [3.63, 3.8) is 0 Å². The molecule has 0 aliphatic carbocycles. The van der Waals surface area contributed by atoms with Gasteiger partial charge in [0, 0.05) is 29.6 Å². The third-order valence-electron chi connectivity index (χ3n) is 3.30. The Kier molecular flexibility index (Phi) is 3.44. The van der Waals surface area contributed by atoms with Crippen LogP contribution in [0.15, 0.2) is 28.7 Å². The van der Waals surface area contributed by atoms with Gasteiger partial charge in [-0.3, -0.25) is 4.90 Å². The molecule has 1 aromatic rings. The zero-order valence-electron chi connectivity index (χ0n) is 9.20. The minimum Gasteiger partial charge on any atom is -0.314 e. The predicted octanol–water partition coefficient (Wildman–Crippen LogP) is 2.41. The first-order chi connectivity index (χ1) is 7.20. The van der Waals surface area contributed by atoms with Crippen molar-refractivity contribution in [2.45, 2.75) is 19.0 Å². The van der Waals surface area contributed by atoms with Crippen molar-refractivity contribution in [1.82, 2.24) is 10.2 Å². The van der Waals surface area contributed by atoms with Gasteiger partial charge in [-0.2, -0.15) is 0 Å². The molecule has 0 spiro atoms. The summed E-state index contributed by atoms with van der Waals surface area (Å²) in [6.07, 6.45) is 0. The van der Waals surface area contributed by atoms with Crippen LogP contribution in [0.4, 0.5) is 0 Å². The number of halogens is 1. The minimum absolute atomic E-state index is 0.465. The van der Waals surface area contributed by atoms with Crippen LogP contribution in [0.2, 0.25) is 0 Å². The number of hydrogen-bond donors (Lipinski definition) is 1. The van der Waals surface area contributed by atoms with Crippen LogP contribution in [-0.4, -0.2) is 31.1 Å².